The Bertz CT molecular complexity index is 449. The fraction of sp³-hybridized carbons (Fsp3) is 1.00. The smallest absolute Gasteiger partial charge is 0.151 e. The van der Waals surface area contributed by atoms with Gasteiger partial charge >= 0.3 is 0 Å². The Balaban J connectivity index is 2.09. The molecule has 1 aliphatic carbocycles. The molecule has 1 saturated carbocycles. The molecule has 0 amide bonds. The summed E-state index contributed by atoms with van der Waals surface area (Å²) in [7, 11) is -0.722. The van der Waals surface area contributed by atoms with Crippen LogP contribution in [0.2, 0.25) is 0 Å². The molecule has 0 radical (unpaired) electrons. The molecule has 2 rings (SSSR count). The van der Waals surface area contributed by atoms with Gasteiger partial charge in [-0.3, -0.25) is 4.90 Å². The zero-order chi connectivity index (χ0) is 15.7. The third-order valence-corrected chi connectivity index (χ3v) is 7.36. The van der Waals surface area contributed by atoms with Crippen LogP contribution in [-0.4, -0.2) is 50.0 Å². The Morgan fingerprint density at radius 1 is 1.33 bits per heavy atom. The molecular weight excluding hydrogens is 284 g/mol. The van der Waals surface area contributed by atoms with Crippen LogP contribution < -0.4 is 5.73 Å². The zero-order valence-electron chi connectivity index (χ0n) is 13.8. The first kappa shape index (κ1) is 17.2. The van der Waals surface area contributed by atoms with Gasteiger partial charge in [0.05, 0.1) is 11.5 Å². The van der Waals surface area contributed by atoms with Crippen LogP contribution in [0.25, 0.3) is 0 Å². The molecule has 2 aliphatic rings. The van der Waals surface area contributed by atoms with E-state index >= 15 is 0 Å². The number of rotatable bonds is 5. The van der Waals surface area contributed by atoms with E-state index in [-0.39, 0.29) is 11.6 Å². The predicted molar refractivity (Wildman–Crippen MR) is 88.0 cm³/mol. The molecule has 0 spiro atoms. The number of likely N-dealkylation sites (N-methyl/N-ethyl adjacent to an activating group) is 1. The van der Waals surface area contributed by atoms with Crippen molar-refractivity contribution in [3.8, 4) is 0 Å². The minimum Gasteiger partial charge on any atom is -0.329 e. The van der Waals surface area contributed by atoms with E-state index in [1.807, 2.05) is 0 Å². The summed E-state index contributed by atoms with van der Waals surface area (Å²) in [5.74, 6) is 2.13. The summed E-state index contributed by atoms with van der Waals surface area (Å²) in [4.78, 5) is 2.34. The van der Waals surface area contributed by atoms with Crippen LogP contribution in [0.4, 0.5) is 0 Å². The fourth-order valence-corrected chi connectivity index (χ4v) is 6.22. The first-order valence-electron chi connectivity index (χ1n) is 8.41. The first-order chi connectivity index (χ1) is 9.78. The molecule has 2 N–H and O–H groups in total. The highest BCUT2D eigenvalue weighted by Gasteiger charge is 2.43. The lowest BCUT2D eigenvalue weighted by molar-refractivity contribution is 0.0272. The van der Waals surface area contributed by atoms with E-state index in [1.54, 1.807) is 0 Å². The predicted octanol–water partition coefficient (Wildman–Crippen LogP) is 2.04. The van der Waals surface area contributed by atoms with Gasteiger partial charge in [-0.2, -0.15) is 0 Å². The molecule has 124 valence electrons. The maximum Gasteiger partial charge on any atom is 0.151 e. The van der Waals surface area contributed by atoms with Crippen LogP contribution in [0, 0.1) is 11.8 Å². The van der Waals surface area contributed by atoms with Crippen molar-refractivity contribution in [3.05, 3.63) is 0 Å². The Labute approximate surface area is 130 Å². The fourth-order valence-electron chi connectivity index (χ4n) is 4.45. The van der Waals surface area contributed by atoms with Crippen molar-refractivity contribution in [2.45, 2.75) is 64.0 Å². The molecule has 4 nitrogen and oxygen atoms in total. The van der Waals surface area contributed by atoms with Crippen LogP contribution in [0.15, 0.2) is 0 Å². The number of nitrogens with two attached hydrogens (primary N) is 1. The zero-order valence-corrected chi connectivity index (χ0v) is 14.7. The van der Waals surface area contributed by atoms with Gasteiger partial charge < -0.3 is 5.73 Å². The second-order valence-electron chi connectivity index (χ2n) is 7.69. The summed E-state index contributed by atoms with van der Waals surface area (Å²) >= 11 is 0. The molecule has 1 aliphatic heterocycles. The summed E-state index contributed by atoms with van der Waals surface area (Å²) in [5, 5.41) is 0. The van der Waals surface area contributed by atoms with E-state index in [1.165, 1.54) is 19.3 Å². The monoisotopic (exact) mass is 316 g/mol. The van der Waals surface area contributed by atoms with Crippen molar-refractivity contribution >= 4 is 9.84 Å². The summed E-state index contributed by atoms with van der Waals surface area (Å²) in [6.45, 7) is 5.21. The Morgan fingerprint density at radius 2 is 2.05 bits per heavy atom. The maximum absolute atomic E-state index is 11.8. The average Bonchev–Trinajstić information content (AvgIpc) is 2.77. The largest absolute Gasteiger partial charge is 0.329 e. The molecule has 3 unspecified atom stereocenters. The van der Waals surface area contributed by atoms with Crippen molar-refractivity contribution in [2.24, 2.45) is 17.6 Å². The Morgan fingerprint density at radius 3 is 2.57 bits per heavy atom. The standard InChI is InChI=1S/C16H32N2O2S/c1-13(2)9-14-5-4-7-16(10-14,12-17)18(3)15-6-8-21(19,20)11-15/h13-15H,4-12,17H2,1-3H3. The van der Waals surface area contributed by atoms with Crippen molar-refractivity contribution in [3.63, 3.8) is 0 Å². The van der Waals surface area contributed by atoms with E-state index in [0.717, 1.165) is 31.1 Å². The van der Waals surface area contributed by atoms with E-state index < -0.39 is 9.84 Å². The van der Waals surface area contributed by atoms with Gasteiger partial charge in [-0.25, -0.2) is 8.42 Å². The van der Waals surface area contributed by atoms with Gasteiger partial charge in [0.25, 0.3) is 0 Å². The van der Waals surface area contributed by atoms with Gasteiger partial charge in [0.2, 0.25) is 0 Å². The maximum atomic E-state index is 11.8. The lowest BCUT2D eigenvalue weighted by atomic mass is 9.72. The molecule has 2 fully saturated rings. The van der Waals surface area contributed by atoms with Crippen molar-refractivity contribution < 1.29 is 8.42 Å². The van der Waals surface area contributed by atoms with E-state index in [0.29, 0.717) is 18.1 Å². The Kier molecular flexibility index (Phi) is 5.37. The first-order valence-corrected chi connectivity index (χ1v) is 10.2. The number of hydrogen-bond donors (Lipinski definition) is 1. The van der Waals surface area contributed by atoms with Gasteiger partial charge in [0, 0.05) is 18.1 Å². The molecule has 21 heavy (non-hydrogen) atoms. The normalized spacial score (nSPS) is 36.5. The summed E-state index contributed by atoms with van der Waals surface area (Å²) in [5.41, 5.74) is 6.19. The lowest BCUT2D eigenvalue weighted by Crippen LogP contribution is -2.58. The number of hydrogen-bond acceptors (Lipinski definition) is 4. The summed E-state index contributed by atoms with van der Waals surface area (Å²) in [6.07, 6.45) is 6.81. The molecule has 0 bridgehead atoms. The van der Waals surface area contributed by atoms with E-state index in [4.69, 9.17) is 5.73 Å². The summed E-state index contributed by atoms with van der Waals surface area (Å²) < 4.78 is 23.5. The molecule has 0 aromatic rings. The van der Waals surface area contributed by atoms with Gasteiger partial charge in [0.1, 0.15) is 0 Å². The highest BCUT2D eigenvalue weighted by Crippen LogP contribution is 2.40. The summed E-state index contributed by atoms with van der Waals surface area (Å²) in [6, 6.07) is 0.163. The van der Waals surface area contributed by atoms with Crippen molar-refractivity contribution in [1.82, 2.24) is 4.90 Å². The van der Waals surface area contributed by atoms with Crippen LogP contribution in [0.1, 0.15) is 52.4 Å². The molecule has 0 aromatic heterocycles. The average molecular weight is 317 g/mol. The highest BCUT2D eigenvalue weighted by molar-refractivity contribution is 7.91. The molecule has 5 heteroatoms. The minimum absolute atomic E-state index is 0.0162. The van der Waals surface area contributed by atoms with Crippen LogP contribution in [-0.2, 0) is 9.84 Å². The molecule has 3 atom stereocenters. The van der Waals surface area contributed by atoms with Crippen LogP contribution >= 0.6 is 0 Å². The van der Waals surface area contributed by atoms with Crippen LogP contribution in [0.3, 0.4) is 0 Å². The number of nitrogens with zero attached hydrogens (tertiary/aromatic N) is 1. The van der Waals surface area contributed by atoms with Gasteiger partial charge in [-0.15, -0.1) is 0 Å². The number of sulfone groups is 1. The van der Waals surface area contributed by atoms with Crippen molar-refractivity contribution in [2.75, 3.05) is 25.1 Å². The molecule has 1 saturated heterocycles. The van der Waals surface area contributed by atoms with Crippen LogP contribution in [0.5, 0.6) is 0 Å². The third kappa shape index (κ3) is 3.99. The molecule has 0 aromatic carbocycles. The second kappa shape index (κ2) is 6.55. The minimum atomic E-state index is -2.83. The van der Waals surface area contributed by atoms with Crippen molar-refractivity contribution in [1.29, 1.82) is 0 Å². The van der Waals surface area contributed by atoms with Gasteiger partial charge in [-0.1, -0.05) is 26.7 Å². The van der Waals surface area contributed by atoms with Gasteiger partial charge in [0.15, 0.2) is 9.84 Å². The quantitative estimate of drug-likeness (QED) is 0.843. The van der Waals surface area contributed by atoms with E-state index in [2.05, 4.69) is 25.8 Å². The third-order valence-electron chi connectivity index (χ3n) is 5.61. The molecule has 1 heterocycles. The SMILES string of the molecule is CC(C)CC1CCCC(CN)(N(C)C2CCS(=O)(=O)C2)C1. The topological polar surface area (TPSA) is 63.4 Å². The second-order valence-corrected chi connectivity index (χ2v) is 9.92. The van der Waals surface area contributed by atoms with Gasteiger partial charge in [-0.05, 0) is 44.6 Å². The molecular formula is C16H32N2O2S. The van der Waals surface area contributed by atoms with E-state index in [9.17, 15) is 8.42 Å². The Hall–Kier alpha value is -0.130. The lowest BCUT2D eigenvalue weighted by Gasteiger charge is -2.49. The highest BCUT2D eigenvalue weighted by atomic mass is 32.2.